The number of rotatable bonds is 18. The number of aliphatic hydroxyl groups excluding tert-OH is 2. The SMILES string of the molecule is [N-]=[N+]=N[C@H](COC(c1ccccc1)(c1ccccc1)c1ccccc1)[C@@H](O)C[C@H](O)[C@@H](COC(c1ccccc1)(c1ccccc1)c1ccccc1)N=[N+]=[N-]. The minimum atomic E-state index is -1.38. The molecule has 10 heteroatoms. The molecule has 0 radical (unpaired) electrons. The summed E-state index contributed by atoms with van der Waals surface area (Å²) in [6.45, 7) is -0.420. The Kier molecular flexibility index (Phi) is 13.1. The largest absolute Gasteiger partial charge is 0.393 e. The van der Waals surface area contributed by atoms with Gasteiger partial charge in [0.05, 0.1) is 37.5 Å². The summed E-state index contributed by atoms with van der Waals surface area (Å²) in [7, 11) is 0. The van der Waals surface area contributed by atoms with E-state index in [0.717, 1.165) is 33.4 Å². The van der Waals surface area contributed by atoms with Crippen molar-refractivity contribution in [2.45, 2.75) is 41.9 Å². The number of ether oxygens (including phenoxy) is 2. The number of hydrogen-bond acceptors (Lipinski definition) is 6. The molecule has 0 spiro atoms. The van der Waals surface area contributed by atoms with Gasteiger partial charge in [0.1, 0.15) is 11.2 Å². The average molecular weight is 731 g/mol. The summed E-state index contributed by atoms with van der Waals surface area (Å²) in [6, 6.07) is 56.0. The van der Waals surface area contributed by atoms with Crippen LogP contribution >= 0.6 is 0 Å². The van der Waals surface area contributed by atoms with E-state index in [1.807, 2.05) is 182 Å². The third-order valence-electron chi connectivity index (χ3n) is 9.79. The number of hydrogen-bond donors (Lipinski definition) is 2. The van der Waals surface area contributed by atoms with Gasteiger partial charge in [-0.2, -0.15) is 0 Å². The molecule has 0 unspecified atom stereocenters. The van der Waals surface area contributed by atoms with Crippen molar-refractivity contribution < 1.29 is 19.7 Å². The molecular weight excluding hydrogens is 689 g/mol. The average Bonchev–Trinajstić information content (AvgIpc) is 3.25. The van der Waals surface area contributed by atoms with Gasteiger partial charge in [-0.3, -0.25) is 0 Å². The molecular formula is C45H42N6O4. The molecule has 6 rings (SSSR count). The quantitative estimate of drug-likeness (QED) is 0.0391. The smallest absolute Gasteiger partial charge is 0.143 e. The summed E-state index contributed by atoms with van der Waals surface area (Å²) in [5, 5.41) is 31.1. The first-order valence-corrected chi connectivity index (χ1v) is 18.1. The molecule has 0 aromatic heterocycles. The highest BCUT2D eigenvalue weighted by Gasteiger charge is 2.41. The fraction of sp³-hybridized carbons (Fsp3) is 0.200. The van der Waals surface area contributed by atoms with E-state index in [4.69, 9.17) is 9.47 Å². The summed E-state index contributed by atoms with van der Waals surface area (Å²) < 4.78 is 13.7. The second-order valence-electron chi connectivity index (χ2n) is 13.1. The molecule has 0 amide bonds. The van der Waals surface area contributed by atoms with Crippen molar-refractivity contribution in [3.8, 4) is 0 Å². The molecule has 6 aromatic rings. The van der Waals surface area contributed by atoms with Crippen LogP contribution in [0.25, 0.3) is 20.9 Å². The number of aliphatic hydroxyl groups is 2. The van der Waals surface area contributed by atoms with Gasteiger partial charge in [-0.15, -0.1) is 0 Å². The third-order valence-corrected chi connectivity index (χ3v) is 9.79. The summed E-state index contributed by atoms with van der Waals surface area (Å²) >= 11 is 0. The van der Waals surface area contributed by atoms with Crippen molar-refractivity contribution in [2.24, 2.45) is 10.2 Å². The van der Waals surface area contributed by atoms with Gasteiger partial charge in [0.15, 0.2) is 0 Å². The van der Waals surface area contributed by atoms with Crippen molar-refractivity contribution in [1.82, 2.24) is 0 Å². The van der Waals surface area contributed by atoms with Crippen LogP contribution in [0.5, 0.6) is 0 Å². The minimum Gasteiger partial charge on any atom is -0.393 e. The maximum Gasteiger partial charge on any atom is 0.143 e. The van der Waals surface area contributed by atoms with Crippen LogP contribution in [-0.4, -0.2) is 47.7 Å². The van der Waals surface area contributed by atoms with Gasteiger partial charge >= 0.3 is 0 Å². The van der Waals surface area contributed by atoms with Crippen LogP contribution in [0.1, 0.15) is 39.8 Å². The molecule has 0 aliphatic rings. The van der Waals surface area contributed by atoms with E-state index in [2.05, 4.69) is 20.1 Å². The van der Waals surface area contributed by atoms with E-state index < -0.39 is 35.5 Å². The summed E-state index contributed by atoms with van der Waals surface area (Å²) in [4.78, 5) is 6.06. The van der Waals surface area contributed by atoms with Crippen LogP contribution in [0, 0.1) is 0 Å². The highest BCUT2D eigenvalue weighted by atomic mass is 16.5. The Labute approximate surface area is 320 Å². The van der Waals surface area contributed by atoms with Gasteiger partial charge in [-0.1, -0.05) is 192 Å². The maximum absolute atomic E-state index is 11.6. The predicted molar refractivity (Wildman–Crippen MR) is 213 cm³/mol. The van der Waals surface area contributed by atoms with Crippen LogP contribution < -0.4 is 0 Å². The van der Waals surface area contributed by atoms with E-state index in [-0.39, 0.29) is 19.6 Å². The van der Waals surface area contributed by atoms with Crippen molar-refractivity contribution in [3.05, 3.63) is 236 Å². The van der Waals surface area contributed by atoms with Crippen LogP contribution in [0.15, 0.2) is 192 Å². The molecule has 0 saturated carbocycles. The second kappa shape index (κ2) is 18.7. The summed E-state index contributed by atoms with van der Waals surface area (Å²) in [6.07, 6.45) is -3.07. The van der Waals surface area contributed by atoms with Crippen LogP contribution in [0.4, 0.5) is 0 Å². The van der Waals surface area contributed by atoms with Gasteiger partial charge in [0.25, 0.3) is 0 Å². The summed E-state index contributed by atoms with van der Waals surface area (Å²) in [5.41, 5.74) is 22.0. The van der Waals surface area contributed by atoms with Gasteiger partial charge < -0.3 is 19.7 Å². The predicted octanol–water partition coefficient (Wildman–Crippen LogP) is 9.47. The third kappa shape index (κ3) is 8.62. The molecule has 0 bridgehead atoms. The number of azide groups is 2. The van der Waals surface area contributed by atoms with E-state index in [0.29, 0.717) is 0 Å². The normalized spacial score (nSPS) is 13.7. The van der Waals surface area contributed by atoms with Gasteiger partial charge in [0.2, 0.25) is 0 Å². The fourth-order valence-electron chi connectivity index (χ4n) is 7.09. The van der Waals surface area contributed by atoms with E-state index >= 15 is 0 Å². The Hall–Kier alpha value is -6.22. The number of benzene rings is 6. The zero-order valence-corrected chi connectivity index (χ0v) is 30.1. The molecule has 0 heterocycles. The van der Waals surface area contributed by atoms with Crippen molar-refractivity contribution in [2.75, 3.05) is 13.2 Å². The molecule has 2 N–H and O–H groups in total. The Balaban J connectivity index is 1.28. The van der Waals surface area contributed by atoms with Crippen LogP contribution in [-0.2, 0) is 20.7 Å². The zero-order chi connectivity index (χ0) is 38.4. The monoisotopic (exact) mass is 730 g/mol. The fourth-order valence-corrected chi connectivity index (χ4v) is 7.09. The van der Waals surface area contributed by atoms with Crippen molar-refractivity contribution >= 4 is 0 Å². The maximum atomic E-state index is 11.6. The van der Waals surface area contributed by atoms with Crippen LogP contribution in [0.3, 0.4) is 0 Å². The summed E-state index contributed by atoms with van der Waals surface area (Å²) in [5.74, 6) is 0. The zero-order valence-electron chi connectivity index (χ0n) is 30.1. The molecule has 6 aromatic carbocycles. The Bertz CT molecular complexity index is 1800. The van der Waals surface area contributed by atoms with Crippen molar-refractivity contribution in [3.63, 3.8) is 0 Å². The highest BCUT2D eigenvalue weighted by Crippen LogP contribution is 2.42. The molecule has 55 heavy (non-hydrogen) atoms. The first-order valence-electron chi connectivity index (χ1n) is 18.1. The lowest BCUT2D eigenvalue weighted by Crippen LogP contribution is -2.42. The molecule has 0 fully saturated rings. The molecule has 276 valence electrons. The van der Waals surface area contributed by atoms with E-state index in [1.54, 1.807) is 0 Å². The first kappa shape index (κ1) is 38.5. The minimum absolute atomic E-state index is 0.210. The topological polar surface area (TPSA) is 156 Å². The Morgan fingerprint density at radius 3 is 0.836 bits per heavy atom. The van der Waals surface area contributed by atoms with Crippen molar-refractivity contribution in [1.29, 1.82) is 0 Å². The van der Waals surface area contributed by atoms with E-state index in [1.165, 1.54) is 0 Å². The molecule has 0 aliphatic carbocycles. The molecule has 0 saturated heterocycles. The Morgan fingerprint density at radius 1 is 0.418 bits per heavy atom. The van der Waals surface area contributed by atoms with Gasteiger partial charge in [-0.25, -0.2) is 0 Å². The number of nitrogens with zero attached hydrogens (tertiary/aromatic N) is 6. The first-order chi connectivity index (χ1) is 27.0. The molecule has 4 atom stereocenters. The lowest BCUT2D eigenvalue weighted by atomic mass is 9.80. The lowest BCUT2D eigenvalue weighted by molar-refractivity contribution is -0.0396. The van der Waals surface area contributed by atoms with Gasteiger partial charge in [-0.05, 0) is 44.4 Å². The second-order valence-corrected chi connectivity index (χ2v) is 13.1. The van der Waals surface area contributed by atoms with Crippen LogP contribution in [0.2, 0.25) is 0 Å². The standard InChI is InChI=1S/C45H42N6O4/c46-50-48-40(32-54-44(34-19-7-1-8-20-34,35-21-9-2-10-22-35)36-23-11-3-12-24-36)42(52)31-43(53)41(49-51-47)33-55-45(37-25-13-4-14-26-37,38-27-15-5-16-28-38)39-29-17-6-18-30-39/h1-30,40-43,52-53H,31-33H2/t40-,41-,42+,43+/m1/s1. The lowest BCUT2D eigenvalue weighted by Gasteiger charge is -2.38. The molecule has 0 aliphatic heterocycles. The highest BCUT2D eigenvalue weighted by molar-refractivity contribution is 5.49. The van der Waals surface area contributed by atoms with Gasteiger partial charge in [0, 0.05) is 16.2 Å². The Morgan fingerprint density at radius 2 is 0.636 bits per heavy atom. The molecule has 10 nitrogen and oxygen atoms in total. The van der Waals surface area contributed by atoms with E-state index in [9.17, 15) is 21.3 Å².